The minimum Gasteiger partial charge on any atom is -0.383 e. The Bertz CT molecular complexity index is 395. The molecule has 2 N–H and O–H groups in total. The monoisotopic (exact) mass is 275 g/mol. The van der Waals surface area contributed by atoms with Crippen LogP contribution in [0.15, 0.2) is 24.3 Å². The maximum Gasteiger partial charge on any atom is 0.0594 e. The fraction of sp³-hybridized carbons (Fsp3) is 0.625. The van der Waals surface area contributed by atoms with Crippen LogP contribution in [0.25, 0.3) is 0 Å². The molecule has 110 valence electrons. The molecule has 0 aromatic heterocycles. The predicted molar refractivity (Wildman–Crippen MR) is 82.1 cm³/mol. The topological polar surface area (TPSA) is 36.5 Å². The molecule has 4 heteroatoms. The number of rotatable bonds is 5. The smallest absolute Gasteiger partial charge is 0.0594 e. The van der Waals surface area contributed by atoms with Gasteiger partial charge in [0.25, 0.3) is 0 Å². The minimum absolute atomic E-state index is 0.642. The number of morpholine rings is 1. The van der Waals surface area contributed by atoms with Gasteiger partial charge in [-0.1, -0.05) is 12.1 Å². The van der Waals surface area contributed by atoms with E-state index in [-0.39, 0.29) is 0 Å². The molecule has 0 amide bonds. The first kappa shape index (κ1) is 13.9. The number of hydrogen-bond donors (Lipinski definition) is 2. The van der Waals surface area contributed by atoms with Gasteiger partial charge in [-0.25, -0.2) is 0 Å². The summed E-state index contributed by atoms with van der Waals surface area (Å²) in [6.07, 6.45) is 2.60. The Balaban J connectivity index is 1.46. The van der Waals surface area contributed by atoms with Crippen LogP contribution in [-0.2, 0) is 11.3 Å². The first-order valence-electron chi connectivity index (χ1n) is 7.76. The summed E-state index contributed by atoms with van der Waals surface area (Å²) in [6, 6.07) is 9.51. The molecule has 1 unspecified atom stereocenters. The molecule has 3 rings (SSSR count). The van der Waals surface area contributed by atoms with E-state index in [0.29, 0.717) is 6.04 Å². The van der Waals surface area contributed by atoms with Gasteiger partial charge in [0.1, 0.15) is 0 Å². The molecule has 0 spiro atoms. The second-order valence-electron chi connectivity index (χ2n) is 5.76. The third-order valence-electron chi connectivity index (χ3n) is 4.18. The van der Waals surface area contributed by atoms with Gasteiger partial charge in [-0.3, -0.25) is 4.90 Å². The van der Waals surface area contributed by atoms with Gasteiger partial charge in [-0.15, -0.1) is 0 Å². The van der Waals surface area contributed by atoms with E-state index in [0.717, 1.165) is 39.4 Å². The van der Waals surface area contributed by atoms with E-state index in [1.807, 2.05) is 0 Å². The van der Waals surface area contributed by atoms with E-state index in [9.17, 15) is 0 Å². The van der Waals surface area contributed by atoms with Gasteiger partial charge in [0, 0.05) is 37.9 Å². The lowest BCUT2D eigenvalue weighted by Gasteiger charge is -2.26. The number of hydrogen-bond acceptors (Lipinski definition) is 4. The highest BCUT2D eigenvalue weighted by Gasteiger charge is 2.13. The van der Waals surface area contributed by atoms with E-state index in [1.54, 1.807) is 0 Å². The average Bonchev–Trinajstić information content (AvgIpc) is 3.01. The van der Waals surface area contributed by atoms with Crippen LogP contribution in [0.3, 0.4) is 0 Å². The summed E-state index contributed by atoms with van der Waals surface area (Å²) in [7, 11) is 0. The highest BCUT2D eigenvalue weighted by molar-refractivity contribution is 5.44. The lowest BCUT2D eigenvalue weighted by Crippen LogP contribution is -2.35. The zero-order chi connectivity index (χ0) is 13.6. The Morgan fingerprint density at radius 3 is 2.70 bits per heavy atom. The van der Waals surface area contributed by atoms with Crippen molar-refractivity contribution in [3.63, 3.8) is 0 Å². The molecule has 2 aliphatic rings. The van der Waals surface area contributed by atoms with Gasteiger partial charge < -0.3 is 15.4 Å². The lowest BCUT2D eigenvalue weighted by atomic mass is 10.1. The number of nitrogens with zero attached hydrogens (tertiary/aromatic N) is 1. The van der Waals surface area contributed by atoms with Crippen LogP contribution in [0.4, 0.5) is 5.69 Å². The van der Waals surface area contributed by atoms with Crippen LogP contribution in [-0.4, -0.2) is 50.3 Å². The Labute approximate surface area is 121 Å². The molecule has 2 saturated heterocycles. The summed E-state index contributed by atoms with van der Waals surface area (Å²) in [5.74, 6) is 0. The molecule has 2 fully saturated rings. The van der Waals surface area contributed by atoms with Gasteiger partial charge in [0.2, 0.25) is 0 Å². The Hall–Kier alpha value is -1.10. The number of anilines is 1. The molecular weight excluding hydrogens is 250 g/mol. The van der Waals surface area contributed by atoms with Crippen molar-refractivity contribution in [1.82, 2.24) is 10.2 Å². The van der Waals surface area contributed by atoms with E-state index >= 15 is 0 Å². The van der Waals surface area contributed by atoms with Crippen molar-refractivity contribution in [2.75, 3.05) is 44.7 Å². The van der Waals surface area contributed by atoms with Crippen molar-refractivity contribution in [3.05, 3.63) is 29.8 Å². The molecule has 0 saturated carbocycles. The molecule has 1 aromatic carbocycles. The number of nitrogens with one attached hydrogen (secondary N) is 2. The second kappa shape index (κ2) is 7.07. The molecule has 1 aromatic rings. The summed E-state index contributed by atoms with van der Waals surface area (Å²) >= 11 is 0. The predicted octanol–water partition coefficient (Wildman–Crippen LogP) is 1.68. The SMILES string of the molecule is c1cc(NCC2CCCN2)ccc1CN1CCOCC1. The average molecular weight is 275 g/mol. The molecule has 2 aliphatic heterocycles. The Morgan fingerprint density at radius 1 is 1.20 bits per heavy atom. The highest BCUT2D eigenvalue weighted by Crippen LogP contribution is 2.13. The van der Waals surface area contributed by atoms with Crippen molar-refractivity contribution in [1.29, 1.82) is 0 Å². The van der Waals surface area contributed by atoms with Gasteiger partial charge in [-0.05, 0) is 37.1 Å². The molecular formula is C16H25N3O. The molecule has 20 heavy (non-hydrogen) atoms. The second-order valence-corrected chi connectivity index (χ2v) is 5.76. The van der Waals surface area contributed by atoms with E-state index in [4.69, 9.17) is 4.74 Å². The summed E-state index contributed by atoms with van der Waals surface area (Å²) in [6.45, 7) is 7.07. The quantitative estimate of drug-likeness (QED) is 0.857. The van der Waals surface area contributed by atoms with Crippen molar-refractivity contribution in [2.45, 2.75) is 25.4 Å². The van der Waals surface area contributed by atoms with E-state index in [2.05, 4.69) is 39.8 Å². The third kappa shape index (κ3) is 3.95. The minimum atomic E-state index is 0.642. The highest BCUT2D eigenvalue weighted by atomic mass is 16.5. The van der Waals surface area contributed by atoms with Gasteiger partial charge in [-0.2, -0.15) is 0 Å². The summed E-state index contributed by atoms with van der Waals surface area (Å²) in [4.78, 5) is 2.45. The standard InChI is InChI=1S/C16H25N3O/c1-2-16(17-7-1)12-18-15-5-3-14(4-6-15)13-19-8-10-20-11-9-19/h3-6,16-18H,1-2,7-13H2. The molecule has 4 nitrogen and oxygen atoms in total. The van der Waals surface area contributed by atoms with Crippen molar-refractivity contribution in [3.8, 4) is 0 Å². The Kier molecular flexibility index (Phi) is 4.90. The molecule has 0 aliphatic carbocycles. The van der Waals surface area contributed by atoms with Gasteiger partial charge in [0.15, 0.2) is 0 Å². The maximum absolute atomic E-state index is 5.38. The van der Waals surface area contributed by atoms with Gasteiger partial charge >= 0.3 is 0 Å². The molecule has 2 heterocycles. The Morgan fingerprint density at radius 2 is 2.00 bits per heavy atom. The van der Waals surface area contributed by atoms with Crippen LogP contribution in [0.5, 0.6) is 0 Å². The first-order valence-corrected chi connectivity index (χ1v) is 7.76. The summed E-state index contributed by atoms with van der Waals surface area (Å²) in [5, 5.41) is 7.03. The molecule has 0 radical (unpaired) electrons. The zero-order valence-electron chi connectivity index (χ0n) is 12.1. The van der Waals surface area contributed by atoms with Gasteiger partial charge in [0.05, 0.1) is 13.2 Å². The fourth-order valence-corrected chi connectivity index (χ4v) is 2.92. The molecule has 1 atom stereocenters. The van der Waals surface area contributed by atoms with Crippen LogP contribution in [0.2, 0.25) is 0 Å². The summed E-state index contributed by atoms with van der Waals surface area (Å²) < 4.78 is 5.38. The van der Waals surface area contributed by atoms with Crippen LogP contribution >= 0.6 is 0 Å². The number of ether oxygens (including phenoxy) is 1. The van der Waals surface area contributed by atoms with E-state index < -0.39 is 0 Å². The summed E-state index contributed by atoms with van der Waals surface area (Å²) in [5.41, 5.74) is 2.61. The maximum atomic E-state index is 5.38. The van der Waals surface area contributed by atoms with Crippen molar-refractivity contribution >= 4 is 5.69 Å². The lowest BCUT2D eigenvalue weighted by molar-refractivity contribution is 0.0342. The third-order valence-corrected chi connectivity index (χ3v) is 4.18. The fourth-order valence-electron chi connectivity index (χ4n) is 2.92. The normalized spacial score (nSPS) is 23.9. The van der Waals surface area contributed by atoms with E-state index in [1.165, 1.54) is 30.6 Å². The first-order chi connectivity index (χ1) is 9.90. The van der Waals surface area contributed by atoms with Crippen molar-refractivity contribution in [2.24, 2.45) is 0 Å². The van der Waals surface area contributed by atoms with Crippen LogP contribution < -0.4 is 10.6 Å². The molecule has 0 bridgehead atoms. The zero-order valence-corrected chi connectivity index (χ0v) is 12.1. The van der Waals surface area contributed by atoms with Crippen LogP contribution in [0.1, 0.15) is 18.4 Å². The largest absolute Gasteiger partial charge is 0.383 e. The van der Waals surface area contributed by atoms with Crippen molar-refractivity contribution < 1.29 is 4.74 Å². The van der Waals surface area contributed by atoms with Crippen LogP contribution in [0, 0.1) is 0 Å². The number of benzene rings is 1.